The maximum Gasteiger partial charge on any atom is 0.124 e. The largest absolute Gasteiger partial charge is 0.310 e. The minimum atomic E-state index is -0.301. The van der Waals surface area contributed by atoms with Crippen LogP contribution in [0.5, 0.6) is 0 Å². The topological polar surface area (TPSA) is 12.0 Å². The number of rotatable bonds is 6. The van der Waals surface area contributed by atoms with E-state index in [0.29, 0.717) is 5.02 Å². The lowest BCUT2D eigenvalue weighted by Gasteiger charge is -2.20. The molecule has 0 aromatic heterocycles. The van der Waals surface area contributed by atoms with Crippen molar-refractivity contribution in [2.75, 3.05) is 6.54 Å². The molecule has 112 valence electrons. The van der Waals surface area contributed by atoms with E-state index >= 15 is 0 Å². The van der Waals surface area contributed by atoms with Crippen molar-refractivity contribution >= 4 is 27.5 Å². The van der Waals surface area contributed by atoms with Crippen LogP contribution in [-0.2, 0) is 6.42 Å². The van der Waals surface area contributed by atoms with Gasteiger partial charge in [-0.2, -0.15) is 0 Å². The van der Waals surface area contributed by atoms with E-state index in [2.05, 4.69) is 40.3 Å². The highest BCUT2D eigenvalue weighted by Crippen LogP contribution is 2.25. The molecule has 0 spiro atoms. The monoisotopic (exact) mass is 369 g/mol. The van der Waals surface area contributed by atoms with Crippen molar-refractivity contribution in [3.8, 4) is 0 Å². The van der Waals surface area contributed by atoms with E-state index in [1.165, 1.54) is 17.7 Å². The minimum absolute atomic E-state index is 0.168. The average molecular weight is 371 g/mol. The Morgan fingerprint density at radius 3 is 2.52 bits per heavy atom. The Bertz CT molecular complexity index is 586. The van der Waals surface area contributed by atoms with Crippen LogP contribution in [0.1, 0.15) is 30.5 Å². The summed E-state index contributed by atoms with van der Waals surface area (Å²) in [4.78, 5) is 0. The van der Waals surface area contributed by atoms with Crippen LogP contribution < -0.4 is 5.32 Å². The molecular weight excluding hydrogens is 353 g/mol. The maximum atomic E-state index is 13.1. The zero-order chi connectivity index (χ0) is 15.2. The molecule has 1 N–H and O–H groups in total. The number of hydrogen-bond acceptors (Lipinski definition) is 1. The van der Waals surface area contributed by atoms with Crippen LogP contribution in [0.15, 0.2) is 46.9 Å². The van der Waals surface area contributed by atoms with Gasteiger partial charge in [0, 0.05) is 15.5 Å². The van der Waals surface area contributed by atoms with E-state index in [1.807, 2.05) is 12.1 Å². The van der Waals surface area contributed by atoms with E-state index in [0.717, 1.165) is 29.4 Å². The molecule has 0 saturated heterocycles. The third-order valence-electron chi connectivity index (χ3n) is 3.35. The number of nitrogens with one attached hydrogen (secondary N) is 1. The Morgan fingerprint density at radius 1 is 1.19 bits per heavy atom. The zero-order valence-electron chi connectivity index (χ0n) is 11.9. The molecule has 0 heterocycles. The summed E-state index contributed by atoms with van der Waals surface area (Å²) in [7, 11) is 0. The fourth-order valence-corrected chi connectivity index (χ4v) is 2.74. The van der Waals surface area contributed by atoms with Crippen molar-refractivity contribution in [3.63, 3.8) is 0 Å². The molecule has 0 saturated carbocycles. The highest BCUT2D eigenvalue weighted by Gasteiger charge is 2.13. The van der Waals surface area contributed by atoms with Crippen molar-refractivity contribution < 1.29 is 4.39 Å². The van der Waals surface area contributed by atoms with Gasteiger partial charge in [0.2, 0.25) is 0 Å². The number of halogens is 3. The van der Waals surface area contributed by atoms with Gasteiger partial charge in [0.1, 0.15) is 5.82 Å². The van der Waals surface area contributed by atoms with Crippen LogP contribution in [0.2, 0.25) is 5.02 Å². The first kappa shape index (κ1) is 16.5. The Kier molecular flexibility index (Phi) is 6.22. The molecule has 0 radical (unpaired) electrons. The third kappa shape index (κ3) is 4.80. The first-order valence-electron chi connectivity index (χ1n) is 7.03. The Labute approximate surface area is 138 Å². The molecule has 2 aromatic rings. The molecule has 0 aliphatic rings. The lowest BCUT2D eigenvalue weighted by atomic mass is 9.98. The van der Waals surface area contributed by atoms with Gasteiger partial charge in [0.05, 0.1) is 0 Å². The number of hydrogen-bond donors (Lipinski definition) is 1. The first-order chi connectivity index (χ1) is 10.1. The summed E-state index contributed by atoms with van der Waals surface area (Å²) in [6.07, 6.45) is 1.80. The van der Waals surface area contributed by atoms with Gasteiger partial charge in [-0.15, -0.1) is 0 Å². The summed E-state index contributed by atoms with van der Waals surface area (Å²) >= 11 is 9.60. The summed E-state index contributed by atoms with van der Waals surface area (Å²) < 4.78 is 14.2. The van der Waals surface area contributed by atoms with Gasteiger partial charge in [-0.25, -0.2) is 4.39 Å². The predicted octanol–water partition coefficient (Wildman–Crippen LogP) is 5.53. The molecule has 0 aliphatic carbocycles. The maximum absolute atomic E-state index is 13.1. The average Bonchev–Trinajstić information content (AvgIpc) is 2.46. The van der Waals surface area contributed by atoms with E-state index in [9.17, 15) is 4.39 Å². The third-order valence-corrected chi connectivity index (χ3v) is 4.23. The molecule has 0 fully saturated rings. The quantitative estimate of drug-likeness (QED) is 0.705. The van der Waals surface area contributed by atoms with Gasteiger partial charge in [-0.1, -0.05) is 52.7 Å². The van der Waals surface area contributed by atoms with Gasteiger partial charge < -0.3 is 5.32 Å². The molecular formula is C17H18BrClFN. The molecule has 4 heteroatoms. The molecule has 2 aromatic carbocycles. The lowest BCUT2D eigenvalue weighted by Crippen LogP contribution is -2.24. The van der Waals surface area contributed by atoms with Crippen LogP contribution in [0.3, 0.4) is 0 Å². The van der Waals surface area contributed by atoms with Crippen molar-refractivity contribution in [1.82, 2.24) is 5.32 Å². The fraction of sp³-hybridized carbons (Fsp3) is 0.294. The second-order valence-electron chi connectivity index (χ2n) is 5.00. The minimum Gasteiger partial charge on any atom is -0.310 e. The standard InChI is InChI=1S/C17H18BrClFN/c1-2-9-21-17(12-3-6-14(18)7-4-12)10-13-5-8-15(20)11-16(13)19/h3-8,11,17,21H,2,9-10H2,1H3. The molecule has 1 atom stereocenters. The van der Waals surface area contributed by atoms with Crippen molar-refractivity contribution in [3.05, 3.63) is 68.9 Å². The predicted molar refractivity (Wildman–Crippen MR) is 90.3 cm³/mol. The van der Waals surface area contributed by atoms with Crippen LogP contribution >= 0.6 is 27.5 Å². The fourth-order valence-electron chi connectivity index (χ4n) is 2.23. The van der Waals surface area contributed by atoms with E-state index in [1.54, 1.807) is 6.07 Å². The van der Waals surface area contributed by atoms with E-state index < -0.39 is 0 Å². The van der Waals surface area contributed by atoms with Crippen LogP contribution in [0.4, 0.5) is 4.39 Å². The molecule has 1 unspecified atom stereocenters. The van der Waals surface area contributed by atoms with E-state index in [4.69, 9.17) is 11.6 Å². The SMILES string of the molecule is CCCNC(Cc1ccc(F)cc1Cl)c1ccc(Br)cc1. The highest BCUT2D eigenvalue weighted by atomic mass is 79.9. The van der Waals surface area contributed by atoms with Crippen molar-refractivity contribution in [1.29, 1.82) is 0 Å². The van der Waals surface area contributed by atoms with Crippen LogP contribution in [0.25, 0.3) is 0 Å². The molecule has 2 rings (SSSR count). The Morgan fingerprint density at radius 2 is 1.90 bits per heavy atom. The summed E-state index contributed by atoms with van der Waals surface area (Å²) in [5.41, 5.74) is 2.15. The van der Waals surface area contributed by atoms with Crippen molar-refractivity contribution in [2.45, 2.75) is 25.8 Å². The lowest BCUT2D eigenvalue weighted by molar-refractivity contribution is 0.528. The number of benzene rings is 2. The Balaban J connectivity index is 2.21. The smallest absolute Gasteiger partial charge is 0.124 e. The molecule has 0 aliphatic heterocycles. The first-order valence-corrected chi connectivity index (χ1v) is 8.20. The van der Waals surface area contributed by atoms with E-state index in [-0.39, 0.29) is 11.9 Å². The van der Waals surface area contributed by atoms with Crippen LogP contribution in [-0.4, -0.2) is 6.54 Å². The highest BCUT2D eigenvalue weighted by molar-refractivity contribution is 9.10. The van der Waals surface area contributed by atoms with Gasteiger partial charge in [-0.3, -0.25) is 0 Å². The second kappa shape index (κ2) is 7.92. The normalized spacial score (nSPS) is 12.4. The summed E-state index contributed by atoms with van der Waals surface area (Å²) in [6.45, 7) is 3.07. The van der Waals surface area contributed by atoms with Gasteiger partial charge in [0.25, 0.3) is 0 Å². The summed E-state index contributed by atoms with van der Waals surface area (Å²) in [5, 5.41) is 4.01. The van der Waals surface area contributed by atoms with Gasteiger partial charge in [-0.05, 0) is 54.8 Å². The molecule has 21 heavy (non-hydrogen) atoms. The van der Waals surface area contributed by atoms with Crippen LogP contribution in [0, 0.1) is 5.82 Å². The van der Waals surface area contributed by atoms with Crippen molar-refractivity contribution in [2.24, 2.45) is 0 Å². The molecule has 0 amide bonds. The summed E-state index contributed by atoms with van der Waals surface area (Å²) in [5.74, 6) is -0.301. The zero-order valence-corrected chi connectivity index (χ0v) is 14.2. The van der Waals surface area contributed by atoms with Gasteiger partial charge in [0.15, 0.2) is 0 Å². The second-order valence-corrected chi connectivity index (χ2v) is 6.32. The summed E-state index contributed by atoms with van der Waals surface area (Å²) in [6, 6.07) is 13.0. The molecule has 1 nitrogen and oxygen atoms in total. The Hall–Kier alpha value is -0.900. The van der Waals surface area contributed by atoms with Gasteiger partial charge >= 0.3 is 0 Å². The molecule has 0 bridgehead atoms.